The zero-order valence-electron chi connectivity index (χ0n) is 11.0. The summed E-state index contributed by atoms with van der Waals surface area (Å²) in [5.41, 5.74) is 0.771. The second-order valence-electron chi connectivity index (χ2n) is 5.30. The predicted octanol–water partition coefficient (Wildman–Crippen LogP) is 4.13. The van der Waals surface area contributed by atoms with Gasteiger partial charge in [-0.05, 0) is 38.5 Å². The second kappa shape index (κ2) is 5.43. The molecule has 3 nitrogen and oxygen atoms in total. The molecule has 2 rings (SSSR count). The van der Waals surface area contributed by atoms with E-state index in [0.29, 0.717) is 17.3 Å². The van der Waals surface area contributed by atoms with Crippen molar-refractivity contribution in [1.29, 1.82) is 0 Å². The van der Waals surface area contributed by atoms with Gasteiger partial charge in [0.15, 0.2) is 0 Å². The van der Waals surface area contributed by atoms with Crippen LogP contribution in [0, 0.1) is 5.82 Å². The Morgan fingerprint density at radius 3 is 2.74 bits per heavy atom. The molecule has 0 spiro atoms. The molecule has 1 heterocycles. The Hall–Kier alpha value is -1.20. The number of hydrogen-bond donors (Lipinski definition) is 1. The smallest absolute Gasteiger partial charge is 0.202 e. The number of rotatable bonds is 3. The molecule has 0 aliphatic heterocycles. The van der Waals surface area contributed by atoms with Gasteiger partial charge in [-0.3, -0.25) is 0 Å². The average molecular weight is 300 g/mol. The summed E-state index contributed by atoms with van der Waals surface area (Å²) in [4.78, 5) is 4.40. The molecule has 0 fully saturated rings. The van der Waals surface area contributed by atoms with Crippen LogP contribution in [-0.4, -0.2) is 14.9 Å². The number of benzene rings is 1. The molecule has 0 saturated carbocycles. The van der Waals surface area contributed by atoms with E-state index in [4.69, 9.17) is 11.6 Å². The molecule has 1 aromatic carbocycles. The van der Waals surface area contributed by atoms with Crippen LogP contribution in [0.3, 0.4) is 0 Å². The van der Waals surface area contributed by atoms with E-state index < -0.39 is 0 Å². The Morgan fingerprint density at radius 1 is 1.37 bits per heavy atom. The number of hydrogen-bond acceptors (Lipinski definition) is 4. The van der Waals surface area contributed by atoms with Crippen LogP contribution in [0.25, 0.3) is 0 Å². The van der Waals surface area contributed by atoms with Crippen LogP contribution in [-0.2, 0) is 6.42 Å². The van der Waals surface area contributed by atoms with Gasteiger partial charge in [0.1, 0.15) is 11.6 Å². The first-order chi connectivity index (χ1) is 8.83. The summed E-state index contributed by atoms with van der Waals surface area (Å²) in [7, 11) is 0. The van der Waals surface area contributed by atoms with E-state index in [1.54, 1.807) is 6.07 Å². The minimum Gasteiger partial charge on any atom is -0.356 e. The monoisotopic (exact) mass is 299 g/mol. The van der Waals surface area contributed by atoms with Gasteiger partial charge >= 0.3 is 0 Å². The molecule has 0 unspecified atom stereocenters. The molecular weight excluding hydrogens is 285 g/mol. The van der Waals surface area contributed by atoms with Crippen molar-refractivity contribution in [2.24, 2.45) is 0 Å². The van der Waals surface area contributed by atoms with Gasteiger partial charge in [-0.2, -0.15) is 4.37 Å². The van der Waals surface area contributed by atoms with Gasteiger partial charge in [0.05, 0.1) is 0 Å². The highest BCUT2D eigenvalue weighted by Gasteiger charge is 2.13. The SMILES string of the molecule is CC(C)(C)Nc1nc(Cc2ccc(F)cc2Cl)ns1. The lowest BCUT2D eigenvalue weighted by atomic mass is 10.1. The summed E-state index contributed by atoms with van der Waals surface area (Å²) in [6.45, 7) is 6.18. The molecule has 0 saturated heterocycles. The Bertz CT molecular complexity index is 578. The Labute approximate surface area is 121 Å². The van der Waals surface area contributed by atoms with E-state index >= 15 is 0 Å². The summed E-state index contributed by atoms with van der Waals surface area (Å²) >= 11 is 7.30. The van der Waals surface area contributed by atoms with Crippen LogP contribution < -0.4 is 5.32 Å². The van der Waals surface area contributed by atoms with E-state index in [1.165, 1.54) is 23.7 Å². The topological polar surface area (TPSA) is 37.8 Å². The van der Waals surface area contributed by atoms with Crippen LogP contribution in [0.1, 0.15) is 32.2 Å². The molecule has 0 bridgehead atoms. The van der Waals surface area contributed by atoms with Crippen molar-refractivity contribution in [3.05, 3.63) is 40.4 Å². The molecule has 0 aliphatic rings. The molecule has 1 N–H and O–H groups in total. The first-order valence-electron chi connectivity index (χ1n) is 5.88. The summed E-state index contributed by atoms with van der Waals surface area (Å²) in [6, 6.07) is 4.36. The van der Waals surface area contributed by atoms with Crippen molar-refractivity contribution in [3.8, 4) is 0 Å². The van der Waals surface area contributed by atoms with Crippen molar-refractivity contribution in [2.45, 2.75) is 32.7 Å². The van der Waals surface area contributed by atoms with Gasteiger partial charge in [0.2, 0.25) is 5.13 Å². The fourth-order valence-electron chi connectivity index (χ4n) is 1.53. The van der Waals surface area contributed by atoms with Crippen molar-refractivity contribution < 1.29 is 4.39 Å². The maximum atomic E-state index is 13.0. The van der Waals surface area contributed by atoms with Gasteiger partial charge in [-0.1, -0.05) is 17.7 Å². The third-order valence-corrected chi connectivity index (χ3v) is 3.33. The van der Waals surface area contributed by atoms with E-state index in [-0.39, 0.29) is 11.4 Å². The normalized spacial score (nSPS) is 11.6. The van der Waals surface area contributed by atoms with Gasteiger partial charge in [-0.15, -0.1) is 0 Å². The summed E-state index contributed by atoms with van der Waals surface area (Å²) in [5, 5.41) is 4.44. The summed E-state index contributed by atoms with van der Waals surface area (Å²) in [5.74, 6) is 0.348. The molecule has 0 radical (unpaired) electrons. The van der Waals surface area contributed by atoms with E-state index in [0.717, 1.165) is 10.7 Å². The second-order valence-corrected chi connectivity index (χ2v) is 6.46. The Morgan fingerprint density at radius 2 is 2.11 bits per heavy atom. The third kappa shape index (κ3) is 4.14. The van der Waals surface area contributed by atoms with Crippen LogP contribution in [0.5, 0.6) is 0 Å². The molecular formula is C13H15ClFN3S. The van der Waals surface area contributed by atoms with Crippen molar-refractivity contribution >= 4 is 28.3 Å². The number of anilines is 1. The maximum absolute atomic E-state index is 13.0. The van der Waals surface area contributed by atoms with Gasteiger partial charge in [0.25, 0.3) is 0 Å². The van der Waals surface area contributed by atoms with Crippen LogP contribution in [0.4, 0.5) is 9.52 Å². The largest absolute Gasteiger partial charge is 0.356 e. The minimum atomic E-state index is -0.338. The highest BCUT2D eigenvalue weighted by Crippen LogP contribution is 2.22. The Balaban J connectivity index is 2.11. The van der Waals surface area contributed by atoms with E-state index in [9.17, 15) is 4.39 Å². The standard InChI is InChI=1S/C13H15ClFN3S/c1-13(2,3)17-12-16-11(18-19-12)6-8-4-5-9(15)7-10(8)14/h4-5,7H,6H2,1-3H3,(H,16,17,18). The fourth-order valence-corrected chi connectivity index (χ4v) is 2.56. The molecule has 1 aromatic heterocycles. The minimum absolute atomic E-state index is 0.0513. The van der Waals surface area contributed by atoms with Crippen molar-refractivity contribution in [3.63, 3.8) is 0 Å². The maximum Gasteiger partial charge on any atom is 0.202 e. The van der Waals surface area contributed by atoms with Gasteiger partial charge in [-0.25, -0.2) is 9.37 Å². The van der Waals surface area contributed by atoms with Crippen molar-refractivity contribution in [1.82, 2.24) is 9.36 Å². The lowest BCUT2D eigenvalue weighted by Gasteiger charge is -2.18. The van der Waals surface area contributed by atoms with Crippen LogP contribution in [0.2, 0.25) is 5.02 Å². The third-order valence-electron chi connectivity index (χ3n) is 2.31. The van der Waals surface area contributed by atoms with E-state index in [2.05, 4.69) is 35.4 Å². The first kappa shape index (κ1) is 14.2. The van der Waals surface area contributed by atoms with Gasteiger partial charge in [0, 0.05) is 28.5 Å². The van der Waals surface area contributed by atoms with Crippen LogP contribution in [0.15, 0.2) is 18.2 Å². The first-order valence-corrected chi connectivity index (χ1v) is 7.03. The number of nitrogens with zero attached hydrogens (tertiary/aromatic N) is 2. The highest BCUT2D eigenvalue weighted by molar-refractivity contribution is 7.09. The molecule has 19 heavy (non-hydrogen) atoms. The summed E-state index contributed by atoms with van der Waals surface area (Å²) < 4.78 is 17.2. The van der Waals surface area contributed by atoms with Crippen molar-refractivity contribution in [2.75, 3.05) is 5.32 Å². The zero-order valence-corrected chi connectivity index (χ0v) is 12.6. The number of nitrogens with one attached hydrogen (secondary N) is 1. The predicted molar refractivity (Wildman–Crippen MR) is 77.5 cm³/mol. The fraction of sp³-hybridized carbons (Fsp3) is 0.385. The molecule has 0 aliphatic carbocycles. The lowest BCUT2D eigenvalue weighted by Crippen LogP contribution is -2.25. The number of aromatic nitrogens is 2. The zero-order chi connectivity index (χ0) is 14.0. The highest BCUT2D eigenvalue weighted by atomic mass is 35.5. The average Bonchev–Trinajstić information content (AvgIpc) is 2.67. The molecule has 0 amide bonds. The van der Waals surface area contributed by atoms with E-state index in [1.807, 2.05) is 0 Å². The molecule has 102 valence electrons. The van der Waals surface area contributed by atoms with Gasteiger partial charge < -0.3 is 5.32 Å². The lowest BCUT2D eigenvalue weighted by molar-refractivity contribution is 0.627. The molecule has 6 heteroatoms. The van der Waals surface area contributed by atoms with Crippen LogP contribution >= 0.6 is 23.1 Å². The Kier molecular flexibility index (Phi) is 4.06. The summed E-state index contributed by atoms with van der Waals surface area (Å²) in [6.07, 6.45) is 0.501. The quantitative estimate of drug-likeness (QED) is 0.926. The molecule has 2 aromatic rings. The molecule has 0 atom stereocenters. The number of halogens is 2.